The van der Waals surface area contributed by atoms with Gasteiger partial charge in [-0.2, -0.15) is 5.10 Å². The van der Waals surface area contributed by atoms with Gasteiger partial charge in [-0.1, -0.05) is 20.8 Å². The number of hydrogen-bond acceptors (Lipinski definition) is 3. The van der Waals surface area contributed by atoms with Crippen molar-refractivity contribution in [1.82, 2.24) is 9.78 Å². The minimum atomic E-state index is -0.206. The van der Waals surface area contributed by atoms with Crippen LogP contribution in [-0.2, 0) is 4.79 Å². The highest BCUT2D eigenvalue weighted by atomic mass is 16.1. The molecule has 0 fully saturated rings. The standard InChI is InChI=1S/C11H20N4O/c1-8(11(2,3)4)15-9(5-6-13-15)14-10(16)7-12/h5-6,8H,7,12H2,1-4H3,(H,14,16)/t8-/m1/s1. The highest BCUT2D eigenvalue weighted by Gasteiger charge is 2.24. The quantitative estimate of drug-likeness (QED) is 0.814. The van der Waals surface area contributed by atoms with Crippen molar-refractivity contribution >= 4 is 11.7 Å². The lowest BCUT2D eigenvalue weighted by molar-refractivity contribution is -0.115. The van der Waals surface area contributed by atoms with Crippen molar-refractivity contribution < 1.29 is 4.79 Å². The third-order valence-corrected chi connectivity index (χ3v) is 2.74. The van der Waals surface area contributed by atoms with Crippen LogP contribution in [0.4, 0.5) is 5.82 Å². The van der Waals surface area contributed by atoms with Gasteiger partial charge in [0.2, 0.25) is 5.91 Å². The molecule has 1 heterocycles. The lowest BCUT2D eigenvalue weighted by atomic mass is 9.88. The minimum Gasteiger partial charge on any atom is -0.322 e. The Morgan fingerprint density at radius 1 is 1.62 bits per heavy atom. The number of anilines is 1. The Morgan fingerprint density at radius 3 is 2.75 bits per heavy atom. The molecule has 3 N–H and O–H groups in total. The summed E-state index contributed by atoms with van der Waals surface area (Å²) in [6.45, 7) is 8.45. The van der Waals surface area contributed by atoms with E-state index >= 15 is 0 Å². The number of aromatic nitrogens is 2. The Hall–Kier alpha value is -1.36. The molecule has 0 unspecified atom stereocenters. The van der Waals surface area contributed by atoms with Crippen LogP contribution < -0.4 is 11.1 Å². The molecule has 5 heteroatoms. The van der Waals surface area contributed by atoms with Gasteiger partial charge in [0.25, 0.3) is 0 Å². The normalized spacial score (nSPS) is 13.6. The monoisotopic (exact) mass is 224 g/mol. The summed E-state index contributed by atoms with van der Waals surface area (Å²) in [5.41, 5.74) is 5.34. The smallest absolute Gasteiger partial charge is 0.239 e. The maximum atomic E-state index is 11.2. The predicted octanol–water partition coefficient (Wildman–Crippen LogP) is 1.39. The number of nitrogens with one attached hydrogen (secondary N) is 1. The zero-order valence-corrected chi connectivity index (χ0v) is 10.3. The van der Waals surface area contributed by atoms with Gasteiger partial charge in [0.05, 0.1) is 18.8 Å². The Kier molecular flexibility index (Phi) is 3.70. The van der Waals surface area contributed by atoms with Crippen LogP contribution in [0.5, 0.6) is 0 Å². The van der Waals surface area contributed by atoms with E-state index in [1.165, 1.54) is 0 Å². The Bertz CT molecular complexity index is 364. The number of hydrogen-bond donors (Lipinski definition) is 2. The molecule has 0 saturated heterocycles. The molecule has 16 heavy (non-hydrogen) atoms. The fourth-order valence-electron chi connectivity index (χ4n) is 1.28. The first kappa shape index (κ1) is 12.7. The van der Waals surface area contributed by atoms with E-state index in [0.717, 1.165) is 0 Å². The third-order valence-electron chi connectivity index (χ3n) is 2.74. The summed E-state index contributed by atoms with van der Waals surface area (Å²) in [5, 5.41) is 6.96. The van der Waals surface area contributed by atoms with Crippen LogP contribution in [0.25, 0.3) is 0 Å². The minimum absolute atomic E-state index is 0.0188. The molecule has 1 atom stereocenters. The molecular weight excluding hydrogens is 204 g/mol. The molecule has 0 aromatic carbocycles. The number of nitrogens with zero attached hydrogens (tertiary/aromatic N) is 2. The first-order chi connectivity index (χ1) is 7.36. The van der Waals surface area contributed by atoms with Gasteiger partial charge in [-0.25, -0.2) is 4.68 Å². The molecule has 0 aliphatic rings. The van der Waals surface area contributed by atoms with Crippen LogP contribution in [0.2, 0.25) is 0 Å². The SMILES string of the molecule is C[C@@H](n1nccc1NC(=O)CN)C(C)(C)C. The van der Waals surface area contributed by atoms with Gasteiger partial charge in [0, 0.05) is 6.07 Å². The molecule has 1 amide bonds. The van der Waals surface area contributed by atoms with Crippen LogP contribution in [0.1, 0.15) is 33.7 Å². The van der Waals surface area contributed by atoms with Gasteiger partial charge >= 0.3 is 0 Å². The van der Waals surface area contributed by atoms with Crippen LogP contribution in [0.15, 0.2) is 12.3 Å². The second-order valence-electron chi connectivity index (χ2n) is 4.96. The zero-order valence-electron chi connectivity index (χ0n) is 10.3. The maximum absolute atomic E-state index is 11.2. The van der Waals surface area contributed by atoms with E-state index in [1.54, 1.807) is 12.3 Å². The summed E-state index contributed by atoms with van der Waals surface area (Å²) in [4.78, 5) is 11.2. The van der Waals surface area contributed by atoms with Crippen LogP contribution in [-0.4, -0.2) is 22.2 Å². The first-order valence-electron chi connectivity index (χ1n) is 5.39. The molecule has 90 valence electrons. The van der Waals surface area contributed by atoms with E-state index < -0.39 is 0 Å². The molecule has 1 rings (SSSR count). The Labute approximate surface area is 96.0 Å². The van der Waals surface area contributed by atoms with E-state index in [0.29, 0.717) is 5.82 Å². The van der Waals surface area contributed by atoms with Crippen molar-refractivity contribution in [2.24, 2.45) is 11.1 Å². The van der Waals surface area contributed by atoms with Crippen molar-refractivity contribution in [3.8, 4) is 0 Å². The molecule has 0 radical (unpaired) electrons. The first-order valence-corrected chi connectivity index (χ1v) is 5.39. The van der Waals surface area contributed by atoms with Gasteiger partial charge in [-0.3, -0.25) is 4.79 Å². The topological polar surface area (TPSA) is 72.9 Å². The van der Waals surface area contributed by atoms with E-state index in [9.17, 15) is 4.79 Å². The number of carbonyl (C=O) groups excluding carboxylic acids is 1. The van der Waals surface area contributed by atoms with Crippen LogP contribution >= 0.6 is 0 Å². The summed E-state index contributed by atoms with van der Waals surface area (Å²) < 4.78 is 1.81. The van der Waals surface area contributed by atoms with Crippen LogP contribution in [0.3, 0.4) is 0 Å². The van der Waals surface area contributed by atoms with Gasteiger partial charge in [0.1, 0.15) is 5.82 Å². The largest absolute Gasteiger partial charge is 0.322 e. The highest BCUT2D eigenvalue weighted by molar-refractivity contribution is 5.91. The van der Waals surface area contributed by atoms with Gasteiger partial charge in [-0.15, -0.1) is 0 Å². The van der Waals surface area contributed by atoms with Crippen molar-refractivity contribution in [2.45, 2.75) is 33.7 Å². The summed E-state index contributed by atoms with van der Waals surface area (Å²) in [6, 6.07) is 1.96. The molecule has 1 aromatic heterocycles. The summed E-state index contributed by atoms with van der Waals surface area (Å²) in [5.74, 6) is 0.487. The van der Waals surface area contributed by atoms with Gasteiger partial charge in [-0.05, 0) is 12.3 Å². The Morgan fingerprint density at radius 2 is 2.25 bits per heavy atom. The second-order valence-corrected chi connectivity index (χ2v) is 4.96. The molecule has 0 aliphatic carbocycles. The lowest BCUT2D eigenvalue weighted by Gasteiger charge is -2.28. The van der Waals surface area contributed by atoms with Crippen LogP contribution in [0, 0.1) is 5.41 Å². The highest BCUT2D eigenvalue weighted by Crippen LogP contribution is 2.31. The summed E-state index contributed by atoms with van der Waals surface area (Å²) >= 11 is 0. The average molecular weight is 224 g/mol. The van der Waals surface area contributed by atoms with Crippen molar-refractivity contribution in [3.05, 3.63) is 12.3 Å². The summed E-state index contributed by atoms with van der Waals surface area (Å²) in [7, 11) is 0. The molecule has 1 aromatic rings. The van der Waals surface area contributed by atoms with E-state index in [2.05, 4.69) is 38.1 Å². The lowest BCUT2D eigenvalue weighted by Crippen LogP contribution is -2.27. The molecule has 0 spiro atoms. The van der Waals surface area contributed by atoms with E-state index in [4.69, 9.17) is 5.73 Å². The van der Waals surface area contributed by atoms with Crippen molar-refractivity contribution in [1.29, 1.82) is 0 Å². The predicted molar refractivity (Wildman–Crippen MR) is 64.1 cm³/mol. The van der Waals surface area contributed by atoms with Gasteiger partial charge in [0.15, 0.2) is 0 Å². The Balaban J connectivity index is 2.90. The molecule has 5 nitrogen and oxygen atoms in total. The van der Waals surface area contributed by atoms with Crippen molar-refractivity contribution in [3.63, 3.8) is 0 Å². The summed E-state index contributed by atoms with van der Waals surface area (Å²) in [6.07, 6.45) is 1.67. The van der Waals surface area contributed by atoms with Gasteiger partial charge < -0.3 is 11.1 Å². The fourth-order valence-corrected chi connectivity index (χ4v) is 1.28. The molecular formula is C11H20N4O. The molecule has 0 saturated carbocycles. The fraction of sp³-hybridized carbons (Fsp3) is 0.636. The number of carbonyl (C=O) groups is 1. The average Bonchev–Trinajstić information content (AvgIpc) is 2.63. The number of nitrogens with two attached hydrogens (primary N) is 1. The second kappa shape index (κ2) is 4.65. The molecule has 0 aliphatic heterocycles. The molecule has 0 bridgehead atoms. The number of rotatable bonds is 3. The zero-order chi connectivity index (χ0) is 12.3. The third kappa shape index (κ3) is 2.82. The van der Waals surface area contributed by atoms with E-state index in [-0.39, 0.29) is 23.9 Å². The number of amides is 1. The van der Waals surface area contributed by atoms with Crippen molar-refractivity contribution in [2.75, 3.05) is 11.9 Å². The maximum Gasteiger partial charge on any atom is 0.239 e. The van der Waals surface area contributed by atoms with E-state index in [1.807, 2.05) is 4.68 Å².